The van der Waals surface area contributed by atoms with E-state index in [2.05, 4.69) is 0 Å². The number of benzene rings is 3. The molecule has 3 aromatic carbocycles. The number of aryl methyl sites for hydroxylation is 3. The molecule has 0 bridgehead atoms. The van der Waals surface area contributed by atoms with Gasteiger partial charge in [-0.3, -0.25) is 9.59 Å². The Morgan fingerprint density at radius 3 is 2.24 bits per heavy atom. The van der Waals surface area contributed by atoms with Gasteiger partial charge < -0.3 is 14.6 Å². The molecule has 0 fully saturated rings. The summed E-state index contributed by atoms with van der Waals surface area (Å²) in [5, 5.41) is 8.84. The van der Waals surface area contributed by atoms with E-state index in [1.807, 2.05) is 32.0 Å². The van der Waals surface area contributed by atoms with Gasteiger partial charge in [0.25, 0.3) is 0 Å². The lowest BCUT2D eigenvalue weighted by molar-refractivity contribution is -0.138. The molecule has 0 aliphatic heterocycles. The van der Waals surface area contributed by atoms with Crippen molar-refractivity contribution in [2.45, 2.75) is 45.7 Å². The van der Waals surface area contributed by atoms with Crippen molar-refractivity contribution < 1.29 is 37.3 Å². The van der Waals surface area contributed by atoms with Crippen molar-refractivity contribution >= 4 is 11.8 Å². The number of carboxylic acid groups (broad SMARTS) is 1. The highest BCUT2D eigenvalue weighted by atomic mass is 19.4. The standard InChI is InChI=1S/C29H29F3O5/c1-3-20-5-13-26(25(18-20)28(35)22-6-10-23(11-7-22)29(30,31)32)37-16-4-15-36-24-12-8-21(19(2)17-24)9-14-27(33)34/h5-8,10-13,17-18H,3-4,9,14-16H2,1-2H3,(H,33,34). The van der Waals surface area contributed by atoms with Gasteiger partial charge in [0.15, 0.2) is 5.78 Å². The van der Waals surface area contributed by atoms with Crippen LogP contribution in [-0.2, 0) is 23.8 Å². The molecule has 0 amide bonds. The van der Waals surface area contributed by atoms with Gasteiger partial charge in [-0.25, -0.2) is 0 Å². The van der Waals surface area contributed by atoms with E-state index < -0.39 is 23.5 Å². The SMILES string of the molecule is CCc1ccc(OCCCOc2ccc(CCC(=O)O)c(C)c2)c(C(=O)c2ccc(C(F)(F)F)cc2)c1. The van der Waals surface area contributed by atoms with Crippen LogP contribution < -0.4 is 9.47 Å². The molecule has 0 saturated heterocycles. The molecule has 0 saturated carbocycles. The Balaban J connectivity index is 1.60. The van der Waals surface area contributed by atoms with E-state index in [1.54, 1.807) is 18.2 Å². The van der Waals surface area contributed by atoms with E-state index >= 15 is 0 Å². The van der Waals surface area contributed by atoms with Gasteiger partial charge >= 0.3 is 12.1 Å². The van der Waals surface area contributed by atoms with Crippen molar-refractivity contribution in [2.75, 3.05) is 13.2 Å². The van der Waals surface area contributed by atoms with Crippen LogP contribution in [0.25, 0.3) is 0 Å². The Bertz CT molecular complexity index is 1230. The maximum atomic E-state index is 13.1. The quantitative estimate of drug-likeness (QED) is 0.216. The van der Waals surface area contributed by atoms with Crippen LogP contribution >= 0.6 is 0 Å². The van der Waals surface area contributed by atoms with E-state index in [4.69, 9.17) is 14.6 Å². The molecule has 0 radical (unpaired) electrons. The monoisotopic (exact) mass is 514 g/mol. The van der Waals surface area contributed by atoms with E-state index in [-0.39, 0.29) is 18.6 Å². The van der Waals surface area contributed by atoms with Crippen LogP contribution in [0.4, 0.5) is 13.2 Å². The molecule has 5 nitrogen and oxygen atoms in total. The fourth-order valence-corrected chi connectivity index (χ4v) is 3.78. The van der Waals surface area contributed by atoms with Gasteiger partial charge in [-0.05, 0) is 72.9 Å². The Kier molecular flexibility index (Phi) is 9.33. The highest BCUT2D eigenvalue weighted by Gasteiger charge is 2.30. The molecule has 1 N–H and O–H groups in total. The number of ether oxygens (including phenoxy) is 2. The molecule has 0 unspecified atom stereocenters. The predicted molar refractivity (Wildman–Crippen MR) is 133 cm³/mol. The van der Waals surface area contributed by atoms with Crippen LogP contribution in [0.2, 0.25) is 0 Å². The van der Waals surface area contributed by atoms with Crippen molar-refractivity contribution in [2.24, 2.45) is 0 Å². The van der Waals surface area contributed by atoms with Crippen molar-refractivity contribution in [3.8, 4) is 11.5 Å². The highest BCUT2D eigenvalue weighted by molar-refractivity contribution is 6.10. The predicted octanol–water partition coefficient (Wildman–Crippen LogP) is 6.67. The summed E-state index contributed by atoms with van der Waals surface area (Å²) in [5.41, 5.74) is 2.46. The average molecular weight is 515 g/mol. The number of carboxylic acids is 1. The average Bonchev–Trinajstić information content (AvgIpc) is 2.87. The highest BCUT2D eigenvalue weighted by Crippen LogP contribution is 2.30. The van der Waals surface area contributed by atoms with Gasteiger partial charge in [0.2, 0.25) is 0 Å². The van der Waals surface area contributed by atoms with Gasteiger partial charge in [0, 0.05) is 18.4 Å². The molecule has 196 valence electrons. The number of halogens is 3. The Hall–Kier alpha value is -3.81. The number of hydrogen-bond acceptors (Lipinski definition) is 4. The molecule has 0 atom stereocenters. The van der Waals surface area contributed by atoms with Gasteiger partial charge in [-0.2, -0.15) is 13.2 Å². The summed E-state index contributed by atoms with van der Waals surface area (Å²) in [6.07, 6.45) is -2.72. The van der Waals surface area contributed by atoms with E-state index in [0.29, 0.717) is 42.9 Å². The minimum absolute atomic E-state index is 0.0704. The van der Waals surface area contributed by atoms with Gasteiger partial charge in [-0.15, -0.1) is 0 Å². The fourth-order valence-electron chi connectivity index (χ4n) is 3.78. The maximum Gasteiger partial charge on any atom is 0.416 e. The first-order valence-electron chi connectivity index (χ1n) is 12.0. The van der Waals surface area contributed by atoms with Crippen LogP contribution in [0.15, 0.2) is 60.7 Å². The zero-order chi connectivity index (χ0) is 27.0. The van der Waals surface area contributed by atoms with Crippen molar-refractivity contribution in [3.05, 3.63) is 94.0 Å². The van der Waals surface area contributed by atoms with Gasteiger partial charge in [0.1, 0.15) is 11.5 Å². The van der Waals surface area contributed by atoms with Gasteiger partial charge in [0.05, 0.1) is 24.3 Å². The summed E-state index contributed by atoms with van der Waals surface area (Å²) < 4.78 is 50.3. The maximum absolute atomic E-state index is 13.1. The van der Waals surface area contributed by atoms with Crippen LogP contribution in [0.1, 0.15) is 57.9 Å². The third-order valence-corrected chi connectivity index (χ3v) is 5.91. The number of ketones is 1. The fraction of sp³-hybridized carbons (Fsp3) is 0.310. The van der Waals surface area contributed by atoms with E-state index in [1.165, 1.54) is 12.1 Å². The first-order valence-corrected chi connectivity index (χ1v) is 12.0. The summed E-state index contributed by atoms with van der Waals surface area (Å²) in [6.45, 7) is 4.49. The van der Waals surface area contributed by atoms with Crippen molar-refractivity contribution in [1.29, 1.82) is 0 Å². The number of carbonyl (C=O) groups is 2. The lowest BCUT2D eigenvalue weighted by atomic mass is 9.98. The molecule has 0 aliphatic carbocycles. The second-order valence-electron chi connectivity index (χ2n) is 8.62. The molecule has 0 spiro atoms. The first-order chi connectivity index (χ1) is 17.6. The molecule has 37 heavy (non-hydrogen) atoms. The summed E-state index contributed by atoms with van der Waals surface area (Å²) >= 11 is 0. The summed E-state index contributed by atoms with van der Waals surface area (Å²) in [7, 11) is 0. The number of aliphatic carboxylic acids is 1. The molecule has 8 heteroatoms. The Morgan fingerprint density at radius 1 is 0.919 bits per heavy atom. The summed E-state index contributed by atoms with van der Waals surface area (Å²) in [6, 6.07) is 14.9. The molecule has 3 rings (SSSR count). The second kappa shape index (κ2) is 12.4. The van der Waals surface area contributed by atoms with Crippen LogP contribution in [-0.4, -0.2) is 30.1 Å². The van der Waals surface area contributed by atoms with E-state index in [0.717, 1.165) is 28.8 Å². The lowest BCUT2D eigenvalue weighted by Crippen LogP contribution is -2.10. The number of carbonyl (C=O) groups excluding carboxylic acids is 1. The minimum Gasteiger partial charge on any atom is -0.493 e. The number of hydrogen-bond donors (Lipinski definition) is 1. The van der Waals surface area contributed by atoms with E-state index in [9.17, 15) is 22.8 Å². The zero-order valence-electron chi connectivity index (χ0n) is 20.7. The molecule has 3 aromatic rings. The molecule has 0 aromatic heterocycles. The Labute approximate surface area is 213 Å². The molecular formula is C29H29F3O5. The Morgan fingerprint density at radius 2 is 1.62 bits per heavy atom. The van der Waals surface area contributed by atoms with Crippen molar-refractivity contribution in [1.82, 2.24) is 0 Å². The van der Waals surface area contributed by atoms with Crippen LogP contribution in [0, 0.1) is 6.92 Å². The third-order valence-electron chi connectivity index (χ3n) is 5.91. The molecule has 0 aliphatic rings. The molecule has 0 heterocycles. The van der Waals surface area contributed by atoms with Crippen LogP contribution in [0.5, 0.6) is 11.5 Å². The summed E-state index contributed by atoms with van der Waals surface area (Å²) in [5.74, 6) is -0.218. The third kappa shape index (κ3) is 7.84. The summed E-state index contributed by atoms with van der Waals surface area (Å²) in [4.78, 5) is 23.9. The zero-order valence-corrected chi connectivity index (χ0v) is 20.7. The minimum atomic E-state index is -4.47. The topological polar surface area (TPSA) is 72.8 Å². The number of rotatable bonds is 12. The number of alkyl halides is 3. The van der Waals surface area contributed by atoms with Gasteiger partial charge in [-0.1, -0.05) is 31.2 Å². The largest absolute Gasteiger partial charge is 0.493 e. The molecular weight excluding hydrogens is 485 g/mol. The first kappa shape index (κ1) is 27.8. The van der Waals surface area contributed by atoms with Crippen LogP contribution in [0.3, 0.4) is 0 Å². The lowest BCUT2D eigenvalue weighted by Gasteiger charge is -2.14. The smallest absolute Gasteiger partial charge is 0.416 e. The normalized spacial score (nSPS) is 11.3. The van der Waals surface area contributed by atoms with Crippen molar-refractivity contribution in [3.63, 3.8) is 0 Å². The second-order valence-corrected chi connectivity index (χ2v) is 8.62.